The zero-order chi connectivity index (χ0) is 15.7. The number of rotatable bonds is 8. The number of aliphatic carboxylic acids is 1. The predicted octanol–water partition coefficient (Wildman–Crippen LogP) is 1.83. The number of carbonyl (C=O) groups excluding carboxylic acids is 1. The first kappa shape index (κ1) is 16.8. The first-order chi connectivity index (χ1) is 10.0. The Morgan fingerprint density at radius 3 is 2.62 bits per heavy atom. The summed E-state index contributed by atoms with van der Waals surface area (Å²) < 4.78 is 17.5. The highest BCUT2D eigenvalue weighted by atomic mass is 19.1. The maximum absolute atomic E-state index is 12.7. The number of benzene rings is 1. The van der Waals surface area contributed by atoms with Gasteiger partial charge in [-0.25, -0.2) is 9.18 Å². The van der Waals surface area contributed by atoms with Gasteiger partial charge >= 0.3 is 5.97 Å². The highest BCUT2D eigenvalue weighted by Gasteiger charge is 2.18. The minimum absolute atomic E-state index is 0.0497. The Balaban J connectivity index is 2.45. The van der Waals surface area contributed by atoms with Crippen LogP contribution in [0.5, 0.6) is 0 Å². The van der Waals surface area contributed by atoms with Gasteiger partial charge < -0.3 is 15.2 Å². The van der Waals surface area contributed by atoms with Crippen LogP contribution in [0.3, 0.4) is 0 Å². The van der Waals surface area contributed by atoms with E-state index in [4.69, 9.17) is 9.84 Å². The minimum Gasteiger partial charge on any atom is -0.480 e. The largest absolute Gasteiger partial charge is 0.480 e. The summed E-state index contributed by atoms with van der Waals surface area (Å²) in [7, 11) is 1.46. The van der Waals surface area contributed by atoms with Crippen LogP contribution in [0.2, 0.25) is 0 Å². The molecular weight excluding hydrogens is 277 g/mol. The molecule has 2 N–H and O–H groups in total. The van der Waals surface area contributed by atoms with Gasteiger partial charge in [-0.3, -0.25) is 4.79 Å². The Morgan fingerprint density at radius 2 is 2.05 bits per heavy atom. The third kappa shape index (κ3) is 6.67. The van der Waals surface area contributed by atoms with Gasteiger partial charge in [0.15, 0.2) is 0 Å². The first-order valence-corrected chi connectivity index (χ1v) is 6.46. The average Bonchev–Trinajstić information content (AvgIpc) is 2.45. The van der Waals surface area contributed by atoms with Crippen molar-refractivity contribution in [3.63, 3.8) is 0 Å². The van der Waals surface area contributed by atoms with E-state index in [9.17, 15) is 14.0 Å². The van der Waals surface area contributed by atoms with E-state index in [1.165, 1.54) is 19.2 Å². The monoisotopic (exact) mass is 295 g/mol. The number of carboxylic acids is 1. The van der Waals surface area contributed by atoms with Crippen LogP contribution < -0.4 is 5.32 Å². The number of amides is 1. The SMILES string of the molecule is COCCC(NC(=O)C/C=C/c1ccc(F)cc1)C(=O)O. The molecule has 0 aliphatic heterocycles. The van der Waals surface area contributed by atoms with Gasteiger partial charge in [0.1, 0.15) is 11.9 Å². The summed E-state index contributed by atoms with van der Waals surface area (Å²) in [6.45, 7) is 0.253. The van der Waals surface area contributed by atoms with Crippen molar-refractivity contribution in [1.29, 1.82) is 0 Å². The second-order valence-corrected chi connectivity index (χ2v) is 4.40. The third-order valence-electron chi connectivity index (χ3n) is 2.73. The van der Waals surface area contributed by atoms with Crippen molar-refractivity contribution in [1.82, 2.24) is 5.32 Å². The lowest BCUT2D eigenvalue weighted by molar-refractivity contribution is -0.142. The molecule has 0 aromatic heterocycles. The van der Waals surface area contributed by atoms with Gasteiger partial charge in [0.25, 0.3) is 0 Å². The first-order valence-electron chi connectivity index (χ1n) is 6.46. The summed E-state index contributed by atoms with van der Waals surface area (Å²) in [6.07, 6.45) is 3.52. The molecule has 0 aliphatic rings. The molecule has 114 valence electrons. The number of hydrogen-bond donors (Lipinski definition) is 2. The van der Waals surface area contributed by atoms with Gasteiger partial charge in [-0.15, -0.1) is 0 Å². The molecule has 1 unspecified atom stereocenters. The van der Waals surface area contributed by atoms with E-state index >= 15 is 0 Å². The molecule has 0 aliphatic carbocycles. The van der Waals surface area contributed by atoms with E-state index in [0.29, 0.717) is 0 Å². The maximum atomic E-state index is 12.7. The summed E-state index contributed by atoms with van der Waals surface area (Å²) in [6, 6.07) is 4.86. The number of ether oxygens (including phenoxy) is 1. The Morgan fingerprint density at radius 1 is 1.38 bits per heavy atom. The minimum atomic E-state index is -1.09. The molecule has 1 rings (SSSR count). The lowest BCUT2D eigenvalue weighted by Gasteiger charge is -2.13. The molecule has 1 aromatic carbocycles. The van der Waals surface area contributed by atoms with Crippen LogP contribution in [0.15, 0.2) is 30.3 Å². The molecule has 1 aromatic rings. The molecule has 6 heteroatoms. The van der Waals surface area contributed by atoms with E-state index < -0.39 is 17.9 Å². The normalized spacial score (nSPS) is 12.3. The molecule has 0 saturated carbocycles. The zero-order valence-electron chi connectivity index (χ0n) is 11.7. The number of hydrogen-bond acceptors (Lipinski definition) is 3. The smallest absolute Gasteiger partial charge is 0.326 e. The highest BCUT2D eigenvalue weighted by molar-refractivity contribution is 5.84. The van der Waals surface area contributed by atoms with Crippen LogP contribution in [0.1, 0.15) is 18.4 Å². The van der Waals surface area contributed by atoms with Gasteiger partial charge in [-0.05, 0) is 17.7 Å². The second kappa shape index (κ2) is 8.86. The van der Waals surface area contributed by atoms with Crippen LogP contribution >= 0.6 is 0 Å². The van der Waals surface area contributed by atoms with E-state index in [-0.39, 0.29) is 25.3 Å². The molecule has 21 heavy (non-hydrogen) atoms. The lowest BCUT2D eigenvalue weighted by atomic mass is 10.2. The van der Waals surface area contributed by atoms with Crippen LogP contribution in [0, 0.1) is 5.82 Å². The van der Waals surface area contributed by atoms with Crippen molar-refractivity contribution in [3.8, 4) is 0 Å². The van der Waals surface area contributed by atoms with E-state index in [1.807, 2.05) is 0 Å². The van der Waals surface area contributed by atoms with Gasteiger partial charge in [-0.2, -0.15) is 0 Å². The van der Waals surface area contributed by atoms with Crippen LogP contribution in [0.25, 0.3) is 6.08 Å². The van der Waals surface area contributed by atoms with Crippen molar-refractivity contribution in [2.45, 2.75) is 18.9 Å². The molecule has 0 spiro atoms. The molecule has 0 fully saturated rings. The topological polar surface area (TPSA) is 75.6 Å². The molecule has 1 atom stereocenters. The molecule has 1 amide bonds. The highest BCUT2D eigenvalue weighted by Crippen LogP contribution is 2.05. The lowest BCUT2D eigenvalue weighted by Crippen LogP contribution is -2.41. The maximum Gasteiger partial charge on any atom is 0.326 e. The van der Waals surface area contributed by atoms with Gasteiger partial charge in [0.2, 0.25) is 5.91 Å². The van der Waals surface area contributed by atoms with Crippen molar-refractivity contribution in [3.05, 3.63) is 41.7 Å². The number of methoxy groups -OCH3 is 1. The fraction of sp³-hybridized carbons (Fsp3) is 0.333. The van der Waals surface area contributed by atoms with Gasteiger partial charge in [0.05, 0.1) is 0 Å². The summed E-state index contributed by atoms with van der Waals surface area (Å²) in [5.74, 6) is -1.81. The Labute approximate surface area is 122 Å². The molecule has 0 saturated heterocycles. The van der Waals surface area contributed by atoms with E-state index in [2.05, 4.69) is 5.32 Å². The Bertz CT molecular complexity index is 499. The van der Waals surface area contributed by atoms with E-state index in [1.54, 1.807) is 24.3 Å². The van der Waals surface area contributed by atoms with Gasteiger partial charge in [0, 0.05) is 26.6 Å². The summed E-state index contributed by atoms with van der Waals surface area (Å²) in [5.41, 5.74) is 0.762. The fourth-order valence-corrected chi connectivity index (χ4v) is 1.62. The van der Waals surface area contributed by atoms with Crippen molar-refractivity contribution in [2.24, 2.45) is 0 Å². The van der Waals surface area contributed by atoms with Crippen molar-refractivity contribution in [2.75, 3.05) is 13.7 Å². The average molecular weight is 295 g/mol. The zero-order valence-corrected chi connectivity index (χ0v) is 11.7. The predicted molar refractivity (Wildman–Crippen MR) is 76.1 cm³/mol. The van der Waals surface area contributed by atoms with E-state index in [0.717, 1.165) is 5.56 Å². The molecule has 0 bridgehead atoms. The third-order valence-corrected chi connectivity index (χ3v) is 2.73. The Hall–Kier alpha value is -2.21. The number of halogens is 1. The molecule has 0 heterocycles. The second-order valence-electron chi connectivity index (χ2n) is 4.40. The van der Waals surface area contributed by atoms with Gasteiger partial charge in [-0.1, -0.05) is 24.3 Å². The number of nitrogens with one attached hydrogen (secondary N) is 1. The number of carbonyl (C=O) groups is 2. The number of carboxylic acid groups (broad SMARTS) is 1. The summed E-state index contributed by atoms with van der Waals surface area (Å²) in [5, 5.41) is 11.4. The summed E-state index contributed by atoms with van der Waals surface area (Å²) >= 11 is 0. The van der Waals surface area contributed by atoms with Crippen molar-refractivity contribution < 1.29 is 23.8 Å². The Kier molecular flexibility index (Phi) is 7.11. The van der Waals surface area contributed by atoms with Crippen molar-refractivity contribution >= 4 is 18.0 Å². The molecule has 0 radical (unpaired) electrons. The fourth-order valence-electron chi connectivity index (χ4n) is 1.62. The molecule has 5 nitrogen and oxygen atoms in total. The molecular formula is C15H18FNO4. The van der Waals surface area contributed by atoms with Crippen LogP contribution in [0.4, 0.5) is 4.39 Å². The standard InChI is InChI=1S/C15H18FNO4/c1-21-10-9-13(15(19)20)17-14(18)4-2-3-11-5-7-12(16)8-6-11/h2-3,5-8,13H,4,9-10H2,1H3,(H,17,18)(H,19,20)/b3-2+. The van der Waals surface area contributed by atoms with Crippen LogP contribution in [-0.4, -0.2) is 36.7 Å². The summed E-state index contributed by atoms with van der Waals surface area (Å²) in [4.78, 5) is 22.6. The quantitative estimate of drug-likeness (QED) is 0.767. The van der Waals surface area contributed by atoms with Crippen LogP contribution in [-0.2, 0) is 14.3 Å².